The van der Waals surface area contributed by atoms with E-state index in [1.165, 1.54) is 4.90 Å². The zero-order valence-corrected chi connectivity index (χ0v) is 22.2. The first-order valence-electron chi connectivity index (χ1n) is 12.8. The summed E-state index contributed by atoms with van der Waals surface area (Å²) in [5, 5.41) is 4.92. The molecule has 5 rings (SSSR count). The maximum absolute atomic E-state index is 13.7. The van der Waals surface area contributed by atoms with Crippen LogP contribution in [-0.4, -0.2) is 69.5 Å². The monoisotopic (exact) mass is 530 g/mol. The minimum absolute atomic E-state index is 0.0493. The first-order chi connectivity index (χ1) is 18.3. The molecule has 38 heavy (non-hydrogen) atoms. The predicted molar refractivity (Wildman–Crippen MR) is 145 cm³/mol. The number of hydrogen-bond donors (Lipinski definition) is 1. The van der Waals surface area contributed by atoms with Gasteiger partial charge in [-0.25, -0.2) is 0 Å². The van der Waals surface area contributed by atoms with Crippen molar-refractivity contribution < 1.29 is 19.2 Å². The molecule has 2 aliphatic heterocycles. The Balaban J connectivity index is 1.30. The van der Waals surface area contributed by atoms with Gasteiger partial charge < -0.3 is 15.1 Å². The molecule has 2 fully saturated rings. The number of rotatable bonds is 7. The van der Waals surface area contributed by atoms with Gasteiger partial charge >= 0.3 is 0 Å². The summed E-state index contributed by atoms with van der Waals surface area (Å²) in [6, 6.07) is 14.5. The molecule has 2 saturated heterocycles. The molecular weight excluding hydrogens is 500 g/mol. The van der Waals surface area contributed by atoms with Gasteiger partial charge in [-0.15, -0.1) is 11.3 Å². The number of fused-ring (bicyclic) bond motifs is 1. The number of carbonyl (C=O) groups is 4. The summed E-state index contributed by atoms with van der Waals surface area (Å²) in [5.41, 5.74) is 1.77. The molecule has 0 bridgehead atoms. The molecule has 4 heterocycles. The van der Waals surface area contributed by atoms with Crippen molar-refractivity contribution >= 4 is 34.8 Å². The molecule has 0 spiro atoms. The number of amides is 3. The molecule has 1 aromatic carbocycles. The van der Waals surface area contributed by atoms with Crippen molar-refractivity contribution in [2.45, 2.75) is 44.8 Å². The van der Waals surface area contributed by atoms with E-state index in [1.54, 1.807) is 52.8 Å². The number of Topliss-reactive ketones (excluding diaryl/α,β-unsaturated/α-hetero) is 1. The van der Waals surface area contributed by atoms with Crippen molar-refractivity contribution in [3.63, 3.8) is 0 Å². The fourth-order valence-electron chi connectivity index (χ4n) is 5.34. The van der Waals surface area contributed by atoms with Crippen LogP contribution in [0.1, 0.15) is 47.5 Å². The minimum atomic E-state index is -0.772. The number of nitrogens with zero attached hydrogens (tertiary/aromatic N) is 3. The first-order valence-corrected chi connectivity index (χ1v) is 13.7. The Labute approximate surface area is 225 Å². The molecular formula is C29H30N4O4S. The van der Waals surface area contributed by atoms with Crippen molar-refractivity contribution in [1.29, 1.82) is 0 Å². The van der Waals surface area contributed by atoms with Crippen LogP contribution in [0.5, 0.6) is 0 Å². The minimum Gasteiger partial charge on any atom is -0.340 e. The van der Waals surface area contributed by atoms with Gasteiger partial charge in [-0.3, -0.25) is 24.2 Å². The second kappa shape index (κ2) is 10.9. The Hall–Kier alpha value is -3.85. The fourth-order valence-corrected chi connectivity index (χ4v) is 6.07. The highest BCUT2D eigenvalue weighted by atomic mass is 32.1. The average Bonchev–Trinajstić information content (AvgIpc) is 3.67. The summed E-state index contributed by atoms with van der Waals surface area (Å²) in [5.74, 6) is -0.939. The molecule has 0 aliphatic carbocycles. The number of ketones is 1. The molecule has 196 valence electrons. The van der Waals surface area contributed by atoms with Crippen molar-refractivity contribution in [1.82, 2.24) is 20.1 Å². The summed E-state index contributed by atoms with van der Waals surface area (Å²) in [6.45, 7) is 4.28. The molecule has 0 radical (unpaired) electrons. The van der Waals surface area contributed by atoms with Crippen LogP contribution in [0.15, 0.2) is 66.2 Å². The SMILES string of the molecule is CC(C)CC(NC(=O)c1ccc(-c2cccs2)cc1)C(=O)N1CCC2C1C(=O)CN2C(=O)c1ccccn1. The van der Waals surface area contributed by atoms with Gasteiger partial charge in [-0.05, 0) is 60.0 Å². The maximum atomic E-state index is 13.7. The number of carbonyl (C=O) groups excluding carboxylic acids is 4. The van der Waals surface area contributed by atoms with E-state index in [2.05, 4.69) is 10.3 Å². The van der Waals surface area contributed by atoms with Crippen LogP contribution in [-0.2, 0) is 9.59 Å². The van der Waals surface area contributed by atoms with Crippen LogP contribution in [0.3, 0.4) is 0 Å². The number of thiophene rings is 1. The average molecular weight is 531 g/mol. The molecule has 0 saturated carbocycles. The molecule has 1 N–H and O–H groups in total. The molecule has 2 aromatic heterocycles. The van der Waals surface area contributed by atoms with Gasteiger partial charge in [0.1, 0.15) is 17.8 Å². The second-order valence-electron chi connectivity index (χ2n) is 10.2. The number of benzene rings is 1. The lowest BCUT2D eigenvalue weighted by molar-refractivity contribution is -0.138. The van der Waals surface area contributed by atoms with Crippen molar-refractivity contribution in [2.75, 3.05) is 13.1 Å². The summed E-state index contributed by atoms with van der Waals surface area (Å²) < 4.78 is 0. The molecule has 2 aliphatic rings. The zero-order chi connectivity index (χ0) is 26.8. The van der Waals surface area contributed by atoms with Crippen LogP contribution in [0.25, 0.3) is 10.4 Å². The number of aromatic nitrogens is 1. The first kappa shape index (κ1) is 25.8. The number of likely N-dealkylation sites (tertiary alicyclic amines) is 2. The Kier molecular flexibility index (Phi) is 7.37. The van der Waals surface area contributed by atoms with E-state index in [4.69, 9.17) is 0 Å². The third-order valence-corrected chi connectivity index (χ3v) is 8.03. The predicted octanol–water partition coefficient (Wildman–Crippen LogP) is 3.65. The van der Waals surface area contributed by atoms with Gasteiger partial charge in [-0.2, -0.15) is 0 Å². The normalized spacial score (nSPS) is 19.5. The summed E-state index contributed by atoms with van der Waals surface area (Å²) in [6.07, 6.45) is 2.49. The Morgan fingerprint density at radius 2 is 1.84 bits per heavy atom. The largest absolute Gasteiger partial charge is 0.340 e. The van der Waals surface area contributed by atoms with E-state index in [0.29, 0.717) is 24.9 Å². The molecule has 3 aromatic rings. The van der Waals surface area contributed by atoms with Crippen LogP contribution in [0, 0.1) is 5.92 Å². The molecule has 3 unspecified atom stereocenters. The Morgan fingerprint density at radius 3 is 2.50 bits per heavy atom. The summed E-state index contributed by atoms with van der Waals surface area (Å²) in [4.78, 5) is 61.3. The topological polar surface area (TPSA) is 99.7 Å². The number of pyridine rings is 1. The van der Waals surface area contributed by atoms with Crippen LogP contribution < -0.4 is 5.32 Å². The van der Waals surface area contributed by atoms with E-state index >= 15 is 0 Å². The van der Waals surface area contributed by atoms with Crippen LogP contribution in [0.4, 0.5) is 0 Å². The third kappa shape index (κ3) is 5.11. The third-order valence-electron chi connectivity index (χ3n) is 7.11. The van der Waals surface area contributed by atoms with E-state index in [9.17, 15) is 19.2 Å². The number of nitrogens with one attached hydrogen (secondary N) is 1. The van der Waals surface area contributed by atoms with Gasteiger partial charge in [0.2, 0.25) is 5.91 Å². The highest BCUT2D eigenvalue weighted by molar-refractivity contribution is 7.13. The van der Waals surface area contributed by atoms with Crippen molar-refractivity contribution in [3.05, 3.63) is 77.4 Å². The molecule has 3 amide bonds. The van der Waals surface area contributed by atoms with Crippen molar-refractivity contribution in [2.24, 2.45) is 5.92 Å². The summed E-state index contributed by atoms with van der Waals surface area (Å²) in [7, 11) is 0. The smallest absolute Gasteiger partial charge is 0.273 e. The van der Waals surface area contributed by atoms with Gasteiger partial charge in [-0.1, -0.05) is 38.1 Å². The lowest BCUT2D eigenvalue weighted by Crippen LogP contribution is -2.53. The standard InChI is InChI=1S/C29H30N4O4S/c1-18(2)16-22(31-27(35)20-10-8-19(9-11-20)25-7-5-15-38-25)29(37)32-14-12-23-26(32)24(34)17-33(23)28(36)21-6-3-4-13-30-21/h3-11,13,15,18,22-23,26H,12,14,16-17H2,1-2H3,(H,31,35). The summed E-state index contributed by atoms with van der Waals surface area (Å²) >= 11 is 1.63. The zero-order valence-electron chi connectivity index (χ0n) is 21.4. The van der Waals surface area contributed by atoms with Crippen molar-refractivity contribution in [3.8, 4) is 10.4 Å². The maximum Gasteiger partial charge on any atom is 0.273 e. The van der Waals surface area contributed by atoms with Crippen LogP contribution in [0.2, 0.25) is 0 Å². The molecule has 3 atom stereocenters. The second-order valence-corrected chi connectivity index (χ2v) is 11.1. The molecule has 9 heteroatoms. The number of hydrogen-bond acceptors (Lipinski definition) is 6. The Bertz CT molecular complexity index is 1320. The lowest BCUT2D eigenvalue weighted by Gasteiger charge is -2.29. The Morgan fingerprint density at radius 1 is 1.05 bits per heavy atom. The van der Waals surface area contributed by atoms with Gasteiger partial charge in [0.05, 0.1) is 12.6 Å². The van der Waals surface area contributed by atoms with Crippen LogP contribution >= 0.6 is 11.3 Å². The van der Waals surface area contributed by atoms with Gasteiger partial charge in [0.15, 0.2) is 5.78 Å². The quantitative estimate of drug-likeness (QED) is 0.503. The van der Waals surface area contributed by atoms with Gasteiger partial charge in [0.25, 0.3) is 11.8 Å². The lowest BCUT2D eigenvalue weighted by atomic mass is 10.0. The van der Waals surface area contributed by atoms with E-state index in [1.807, 2.05) is 43.5 Å². The van der Waals surface area contributed by atoms with E-state index < -0.39 is 12.1 Å². The fraction of sp³-hybridized carbons (Fsp3) is 0.345. The van der Waals surface area contributed by atoms with E-state index in [-0.39, 0.29) is 47.7 Å². The highest BCUT2D eigenvalue weighted by Crippen LogP contribution is 2.32. The van der Waals surface area contributed by atoms with Gasteiger partial charge in [0, 0.05) is 23.2 Å². The van der Waals surface area contributed by atoms with E-state index in [0.717, 1.165) is 10.4 Å². The highest BCUT2D eigenvalue weighted by Gasteiger charge is 2.52. The molecule has 8 nitrogen and oxygen atoms in total.